The Morgan fingerprint density at radius 3 is 2.83 bits per heavy atom. The van der Waals surface area contributed by atoms with Crippen LogP contribution in [0, 0.1) is 0 Å². The van der Waals surface area contributed by atoms with E-state index in [1.54, 1.807) is 0 Å². The molecular weight excluding hydrogens is 290 g/mol. The van der Waals surface area contributed by atoms with Crippen LogP contribution in [0.5, 0.6) is 0 Å². The van der Waals surface area contributed by atoms with Gasteiger partial charge < -0.3 is 15.0 Å². The summed E-state index contributed by atoms with van der Waals surface area (Å²) in [6.45, 7) is 0.655. The first-order chi connectivity index (χ1) is 11.2. The molecule has 2 aliphatic rings. The smallest absolute Gasteiger partial charge is 0.258 e. The fourth-order valence-electron chi connectivity index (χ4n) is 3.70. The largest absolute Gasteiger partial charge is 0.511 e. The van der Waals surface area contributed by atoms with E-state index in [9.17, 15) is 9.90 Å². The van der Waals surface area contributed by atoms with E-state index in [0.717, 1.165) is 36.7 Å². The van der Waals surface area contributed by atoms with Crippen molar-refractivity contribution in [1.29, 1.82) is 0 Å². The number of benzene rings is 1. The van der Waals surface area contributed by atoms with Crippen molar-refractivity contribution >= 4 is 22.5 Å². The van der Waals surface area contributed by atoms with E-state index in [2.05, 4.69) is 10.3 Å². The molecule has 2 N–H and O–H groups in total. The standard InChI is InChI=1S/C18H21N3O2/c22-15-10-11-21-14-9-5-4-8-13(14)20-17(21)16(15)18(23)19-12-6-2-1-3-7-12/h4-5,8-9,12,22H,1-3,6-7,10-11H2,(H,19,23). The summed E-state index contributed by atoms with van der Waals surface area (Å²) in [4.78, 5) is 17.3. The summed E-state index contributed by atoms with van der Waals surface area (Å²) in [5.41, 5.74) is 2.22. The number of aromatic nitrogens is 2. The Bertz CT molecular complexity index is 785. The Morgan fingerprint density at radius 2 is 2.00 bits per heavy atom. The van der Waals surface area contributed by atoms with Gasteiger partial charge in [-0.25, -0.2) is 4.98 Å². The third-order valence-corrected chi connectivity index (χ3v) is 4.91. The van der Waals surface area contributed by atoms with Gasteiger partial charge in [-0.05, 0) is 25.0 Å². The van der Waals surface area contributed by atoms with Crippen LogP contribution in [0.15, 0.2) is 30.0 Å². The maximum absolute atomic E-state index is 12.7. The number of para-hydroxylation sites is 2. The number of fused-ring (bicyclic) bond motifs is 3. The average molecular weight is 311 g/mol. The first-order valence-corrected chi connectivity index (χ1v) is 8.42. The molecule has 1 aliphatic carbocycles. The molecule has 0 atom stereocenters. The SMILES string of the molecule is O=C(NC1CCCCC1)C1=C(O)CCn2c1nc1ccccc12. The van der Waals surface area contributed by atoms with Gasteiger partial charge in [-0.1, -0.05) is 31.4 Å². The minimum Gasteiger partial charge on any atom is -0.511 e. The van der Waals surface area contributed by atoms with Gasteiger partial charge in [-0.2, -0.15) is 0 Å². The van der Waals surface area contributed by atoms with Crippen LogP contribution in [0.3, 0.4) is 0 Å². The van der Waals surface area contributed by atoms with Crippen LogP contribution in [0.1, 0.15) is 44.3 Å². The monoisotopic (exact) mass is 311 g/mol. The molecule has 1 aromatic heterocycles. The topological polar surface area (TPSA) is 67.2 Å². The summed E-state index contributed by atoms with van der Waals surface area (Å²) >= 11 is 0. The molecule has 2 heterocycles. The van der Waals surface area contributed by atoms with Crippen LogP contribution in [-0.2, 0) is 11.3 Å². The molecule has 0 spiro atoms. The van der Waals surface area contributed by atoms with Crippen molar-refractivity contribution in [2.75, 3.05) is 0 Å². The van der Waals surface area contributed by atoms with Gasteiger partial charge in [0.15, 0.2) is 0 Å². The molecule has 0 unspecified atom stereocenters. The van der Waals surface area contributed by atoms with E-state index in [-0.39, 0.29) is 17.7 Å². The van der Waals surface area contributed by atoms with Crippen LogP contribution >= 0.6 is 0 Å². The van der Waals surface area contributed by atoms with E-state index in [1.165, 1.54) is 6.42 Å². The summed E-state index contributed by atoms with van der Waals surface area (Å²) in [7, 11) is 0. The zero-order valence-corrected chi connectivity index (χ0v) is 13.1. The van der Waals surface area contributed by atoms with Crippen LogP contribution in [0.4, 0.5) is 0 Å². The van der Waals surface area contributed by atoms with Gasteiger partial charge >= 0.3 is 0 Å². The predicted octanol–water partition coefficient (Wildman–Crippen LogP) is 3.16. The Balaban J connectivity index is 1.69. The Morgan fingerprint density at radius 1 is 1.22 bits per heavy atom. The second-order valence-electron chi connectivity index (χ2n) is 6.46. The van der Waals surface area contributed by atoms with Gasteiger partial charge in [0.1, 0.15) is 17.2 Å². The van der Waals surface area contributed by atoms with E-state index >= 15 is 0 Å². The molecule has 1 amide bonds. The van der Waals surface area contributed by atoms with Crippen LogP contribution in [0.25, 0.3) is 16.6 Å². The molecule has 5 heteroatoms. The number of rotatable bonds is 2. The lowest BCUT2D eigenvalue weighted by atomic mass is 9.95. The number of hydrogen-bond acceptors (Lipinski definition) is 3. The molecule has 1 saturated carbocycles. The van der Waals surface area contributed by atoms with Crippen molar-refractivity contribution in [3.8, 4) is 0 Å². The normalized spacial score (nSPS) is 19.0. The van der Waals surface area contributed by atoms with E-state index < -0.39 is 0 Å². The zero-order chi connectivity index (χ0) is 15.8. The highest BCUT2D eigenvalue weighted by atomic mass is 16.3. The van der Waals surface area contributed by atoms with E-state index in [0.29, 0.717) is 24.4 Å². The molecule has 0 radical (unpaired) electrons. The minimum atomic E-state index is -0.189. The molecule has 5 nitrogen and oxygen atoms in total. The van der Waals surface area contributed by atoms with Crippen LogP contribution in [0.2, 0.25) is 0 Å². The molecule has 1 fully saturated rings. The van der Waals surface area contributed by atoms with Crippen LogP contribution < -0.4 is 5.32 Å². The first-order valence-electron chi connectivity index (χ1n) is 8.42. The summed E-state index contributed by atoms with van der Waals surface area (Å²) in [5, 5.41) is 13.4. The van der Waals surface area contributed by atoms with Gasteiger partial charge in [0, 0.05) is 19.0 Å². The zero-order valence-electron chi connectivity index (χ0n) is 13.1. The summed E-state index contributed by atoms with van der Waals surface area (Å²) in [6, 6.07) is 8.07. The number of hydrogen-bond donors (Lipinski definition) is 2. The molecule has 1 aromatic carbocycles. The van der Waals surface area contributed by atoms with Crippen molar-refractivity contribution in [3.05, 3.63) is 35.8 Å². The first kappa shape index (κ1) is 14.3. The number of imidazole rings is 1. The number of nitrogens with one attached hydrogen (secondary N) is 1. The summed E-state index contributed by atoms with van der Waals surface area (Å²) in [5.74, 6) is 0.551. The highest BCUT2D eigenvalue weighted by Gasteiger charge is 2.29. The minimum absolute atomic E-state index is 0.154. The van der Waals surface area contributed by atoms with Gasteiger partial charge in [0.2, 0.25) is 0 Å². The van der Waals surface area contributed by atoms with Crippen molar-refractivity contribution in [2.45, 2.75) is 51.1 Å². The average Bonchev–Trinajstić information content (AvgIpc) is 2.93. The van der Waals surface area contributed by atoms with Crippen molar-refractivity contribution < 1.29 is 9.90 Å². The quantitative estimate of drug-likeness (QED) is 0.895. The Labute approximate surface area is 135 Å². The Hall–Kier alpha value is -2.30. The number of aliphatic hydroxyl groups excluding tert-OH is 1. The number of aryl methyl sites for hydroxylation is 1. The van der Waals surface area contributed by atoms with Crippen molar-refractivity contribution in [2.24, 2.45) is 0 Å². The third-order valence-electron chi connectivity index (χ3n) is 4.91. The maximum Gasteiger partial charge on any atom is 0.258 e. The van der Waals surface area contributed by atoms with E-state index in [1.807, 2.05) is 28.8 Å². The van der Waals surface area contributed by atoms with Gasteiger partial charge in [0.05, 0.1) is 11.0 Å². The number of allylic oxidation sites excluding steroid dienone is 1. The number of amides is 1. The van der Waals surface area contributed by atoms with E-state index in [4.69, 9.17) is 0 Å². The molecule has 1 aliphatic heterocycles. The highest BCUT2D eigenvalue weighted by Crippen LogP contribution is 2.30. The van der Waals surface area contributed by atoms with Gasteiger partial charge in [-0.3, -0.25) is 4.79 Å². The Kier molecular flexibility index (Phi) is 3.56. The second-order valence-corrected chi connectivity index (χ2v) is 6.46. The molecule has 0 bridgehead atoms. The summed E-state index contributed by atoms with van der Waals surface area (Å²) in [6.07, 6.45) is 6.09. The van der Waals surface area contributed by atoms with Gasteiger partial charge in [0.25, 0.3) is 5.91 Å². The molecular formula is C18H21N3O2. The fourth-order valence-corrected chi connectivity index (χ4v) is 3.70. The fraction of sp³-hybridized carbons (Fsp3) is 0.444. The summed E-state index contributed by atoms with van der Waals surface area (Å²) < 4.78 is 2.03. The lowest BCUT2D eigenvalue weighted by Gasteiger charge is -2.25. The lowest BCUT2D eigenvalue weighted by Crippen LogP contribution is -2.38. The van der Waals surface area contributed by atoms with Crippen molar-refractivity contribution in [3.63, 3.8) is 0 Å². The maximum atomic E-state index is 12.7. The lowest BCUT2D eigenvalue weighted by molar-refractivity contribution is -0.116. The van der Waals surface area contributed by atoms with Crippen LogP contribution in [-0.4, -0.2) is 26.6 Å². The number of nitrogens with zero attached hydrogens (tertiary/aromatic N) is 2. The predicted molar refractivity (Wildman–Crippen MR) is 88.9 cm³/mol. The molecule has 0 saturated heterocycles. The number of carbonyl (C=O) groups excluding carboxylic acids is 1. The van der Waals surface area contributed by atoms with Crippen molar-refractivity contribution in [1.82, 2.24) is 14.9 Å². The highest BCUT2D eigenvalue weighted by molar-refractivity contribution is 6.20. The third kappa shape index (κ3) is 2.50. The molecule has 2 aromatic rings. The second kappa shape index (κ2) is 5.72. The number of carbonyl (C=O) groups is 1. The van der Waals surface area contributed by atoms with Gasteiger partial charge in [-0.15, -0.1) is 0 Å². The molecule has 4 rings (SSSR count). The number of aliphatic hydroxyl groups is 1. The molecule has 23 heavy (non-hydrogen) atoms. The molecule has 120 valence electrons.